The van der Waals surface area contributed by atoms with E-state index in [1.165, 1.54) is 29.2 Å². The van der Waals surface area contributed by atoms with Crippen LogP contribution in [0.2, 0.25) is 0 Å². The summed E-state index contributed by atoms with van der Waals surface area (Å²) in [4.78, 5) is 0. The van der Waals surface area contributed by atoms with Crippen LogP contribution in [0, 0.1) is 13.0 Å². The molecule has 0 nitrogen and oxygen atoms in total. The molecular formula is C15H17Cl3SiTi. The Labute approximate surface area is 158 Å². The molecule has 0 atom stereocenters. The van der Waals surface area contributed by atoms with Gasteiger partial charge < -0.3 is 37.2 Å². The summed E-state index contributed by atoms with van der Waals surface area (Å²) in [6.07, 6.45) is 9.11. The van der Waals surface area contributed by atoms with Crippen LogP contribution in [-0.4, -0.2) is 9.52 Å². The molecule has 0 amide bonds. The van der Waals surface area contributed by atoms with Gasteiger partial charge in [-0.1, -0.05) is 61.2 Å². The summed E-state index contributed by atoms with van der Waals surface area (Å²) in [6.45, 7) is 4.40. The number of halogens is 3. The first-order valence-electron chi connectivity index (χ1n) is 5.93. The molecule has 0 heterocycles. The van der Waals surface area contributed by atoms with Crippen LogP contribution in [0.4, 0.5) is 0 Å². The summed E-state index contributed by atoms with van der Waals surface area (Å²) in [7, 11) is 0.831. The number of benzene rings is 1. The summed E-state index contributed by atoms with van der Waals surface area (Å²) in [6, 6.07) is 8.85. The minimum absolute atomic E-state index is 0. The van der Waals surface area contributed by atoms with Gasteiger partial charge in [-0.2, -0.15) is 6.08 Å². The normalized spacial score (nSPS) is 11.9. The predicted octanol–water partition coefficient (Wildman–Crippen LogP) is -5.85. The van der Waals surface area contributed by atoms with Crippen LogP contribution in [0.25, 0.3) is 0 Å². The number of rotatable bonds is 4. The van der Waals surface area contributed by atoms with Crippen LogP contribution < -0.4 is 42.4 Å². The maximum Gasteiger partial charge on any atom is 4.00 e. The molecule has 1 aromatic carbocycles. The summed E-state index contributed by atoms with van der Waals surface area (Å²) in [5, 5.41) is 3.05. The molecule has 106 valence electrons. The van der Waals surface area contributed by atoms with Gasteiger partial charge in [-0.05, 0) is 6.92 Å². The van der Waals surface area contributed by atoms with Crippen molar-refractivity contribution in [2.75, 3.05) is 0 Å². The number of aryl methyl sites for hydroxylation is 1. The zero-order chi connectivity index (χ0) is 11.4. The Hall–Kier alpha value is 0.501. The number of allylic oxidation sites excluding steroid dienone is 4. The summed E-state index contributed by atoms with van der Waals surface area (Å²) in [5.41, 5.74) is 2.82. The van der Waals surface area contributed by atoms with Gasteiger partial charge in [-0.3, -0.25) is 6.08 Å². The first-order valence-corrected chi connectivity index (χ1v) is 6.93. The largest absolute Gasteiger partial charge is 4.00 e. The zero-order valence-electron chi connectivity index (χ0n) is 11.6. The van der Waals surface area contributed by atoms with E-state index in [-0.39, 0.29) is 58.9 Å². The van der Waals surface area contributed by atoms with Gasteiger partial charge in [-0.15, -0.1) is 0 Å². The molecule has 0 aliphatic heterocycles. The Balaban J connectivity index is -0.000000722. The van der Waals surface area contributed by atoms with E-state index < -0.39 is 0 Å². The number of hydrogen-bond acceptors (Lipinski definition) is 0. The molecular weight excluding hydrogens is 362 g/mol. The molecule has 1 aromatic rings. The van der Waals surface area contributed by atoms with E-state index in [0.29, 0.717) is 0 Å². The molecule has 1 aliphatic carbocycles. The van der Waals surface area contributed by atoms with E-state index in [9.17, 15) is 0 Å². The minimum atomic E-state index is 0. The van der Waals surface area contributed by atoms with Crippen LogP contribution in [-0.2, 0) is 21.7 Å². The molecule has 1 aliphatic rings. The standard InChI is InChI=1S/C15H17Si.3ClH.Ti/c1-3-6-13-8-5-10-15(13)16-14-9-4-7-12(2)11-14;;;;/h4-5,7,9,11H,3,6,10H2,1-2H3;3*1H;/q-1;;;;+4/p-3. The van der Waals surface area contributed by atoms with Crippen molar-refractivity contribution in [1.82, 2.24) is 0 Å². The molecule has 2 radical (unpaired) electrons. The summed E-state index contributed by atoms with van der Waals surface area (Å²) in [5.74, 6) is 0. The topological polar surface area (TPSA) is 0 Å². The Morgan fingerprint density at radius 1 is 1.20 bits per heavy atom. The fourth-order valence-corrected chi connectivity index (χ4v) is 3.36. The van der Waals surface area contributed by atoms with Crippen LogP contribution >= 0.6 is 0 Å². The quantitative estimate of drug-likeness (QED) is 0.361. The SMILES string of the molecule is CCCC1=C([Si]c2cccc(C)c2)CC=[C-]1.[Cl-].[Cl-].[Cl-].[Ti+4]. The second kappa shape index (κ2) is 13.2. The number of hydrogen-bond donors (Lipinski definition) is 0. The van der Waals surface area contributed by atoms with Crippen LogP contribution in [0.3, 0.4) is 0 Å². The zero-order valence-corrected chi connectivity index (χ0v) is 16.5. The summed E-state index contributed by atoms with van der Waals surface area (Å²) >= 11 is 0. The third-order valence-electron chi connectivity index (χ3n) is 2.76. The molecule has 20 heavy (non-hydrogen) atoms. The first-order chi connectivity index (χ1) is 7.79. The third-order valence-corrected chi connectivity index (χ3v) is 4.17. The molecule has 0 aromatic heterocycles. The van der Waals surface area contributed by atoms with Crippen LogP contribution in [0.5, 0.6) is 0 Å². The van der Waals surface area contributed by atoms with Crippen molar-refractivity contribution in [1.29, 1.82) is 0 Å². The van der Waals surface area contributed by atoms with Gasteiger partial charge in [0.2, 0.25) is 0 Å². The van der Waals surface area contributed by atoms with E-state index in [0.717, 1.165) is 15.9 Å². The monoisotopic (exact) mass is 378 g/mol. The Morgan fingerprint density at radius 2 is 1.90 bits per heavy atom. The second-order valence-corrected chi connectivity index (χ2v) is 5.69. The van der Waals surface area contributed by atoms with E-state index in [4.69, 9.17) is 0 Å². The van der Waals surface area contributed by atoms with Crippen LogP contribution in [0.1, 0.15) is 31.7 Å². The second-order valence-electron chi connectivity index (χ2n) is 4.25. The van der Waals surface area contributed by atoms with Crippen molar-refractivity contribution in [3.8, 4) is 0 Å². The van der Waals surface area contributed by atoms with E-state index in [1.807, 2.05) is 0 Å². The van der Waals surface area contributed by atoms with Gasteiger partial charge in [0.05, 0.1) is 0 Å². The van der Waals surface area contributed by atoms with Gasteiger partial charge >= 0.3 is 21.7 Å². The van der Waals surface area contributed by atoms with Crippen LogP contribution in [0.15, 0.2) is 41.1 Å². The Bertz CT molecular complexity index is 444. The molecule has 0 spiro atoms. The maximum atomic E-state index is 3.40. The summed E-state index contributed by atoms with van der Waals surface area (Å²) < 4.78 is 0. The molecule has 0 N–H and O–H groups in total. The molecule has 0 unspecified atom stereocenters. The van der Waals surface area contributed by atoms with Gasteiger partial charge in [0, 0.05) is 9.52 Å². The van der Waals surface area contributed by atoms with Gasteiger partial charge in [0.25, 0.3) is 0 Å². The average molecular weight is 380 g/mol. The van der Waals surface area contributed by atoms with E-state index in [1.54, 1.807) is 5.20 Å². The van der Waals surface area contributed by atoms with E-state index in [2.05, 4.69) is 50.3 Å². The van der Waals surface area contributed by atoms with Gasteiger partial charge in [0.1, 0.15) is 0 Å². The molecule has 0 saturated heterocycles. The maximum absolute atomic E-state index is 3.40. The average Bonchev–Trinajstić information content (AvgIpc) is 2.66. The molecule has 0 bridgehead atoms. The van der Waals surface area contributed by atoms with Crippen molar-refractivity contribution in [2.24, 2.45) is 0 Å². The predicted molar refractivity (Wildman–Crippen MR) is 70.9 cm³/mol. The van der Waals surface area contributed by atoms with Gasteiger partial charge in [0.15, 0.2) is 0 Å². The molecule has 0 fully saturated rings. The Morgan fingerprint density at radius 3 is 2.50 bits per heavy atom. The minimum Gasteiger partial charge on any atom is -1.00 e. The van der Waals surface area contributed by atoms with Crippen molar-refractivity contribution in [3.05, 3.63) is 52.8 Å². The fourth-order valence-electron chi connectivity index (χ4n) is 1.98. The van der Waals surface area contributed by atoms with Crippen molar-refractivity contribution >= 4 is 14.7 Å². The molecule has 0 saturated carbocycles. The Kier molecular flexibility index (Phi) is 16.8. The third kappa shape index (κ3) is 7.49. The van der Waals surface area contributed by atoms with Crippen molar-refractivity contribution in [2.45, 2.75) is 33.1 Å². The molecule has 5 heteroatoms. The van der Waals surface area contributed by atoms with Gasteiger partial charge in [-0.25, -0.2) is 10.8 Å². The first kappa shape index (κ1) is 25.5. The molecule has 2 rings (SSSR count). The smallest absolute Gasteiger partial charge is 1.00 e. The van der Waals surface area contributed by atoms with E-state index >= 15 is 0 Å². The fraction of sp³-hybridized carbons (Fsp3) is 0.333. The van der Waals surface area contributed by atoms with Crippen molar-refractivity contribution in [3.63, 3.8) is 0 Å². The van der Waals surface area contributed by atoms with Crippen molar-refractivity contribution < 1.29 is 58.9 Å².